The number of carbonyl (C=O) groups is 4. The molecule has 0 aromatic carbocycles. The van der Waals surface area contributed by atoms with Crippen molar-refractivity contribution in [2.75, 3.05) is 39.6 Å². The predicted octanol–water partition coefficient (Wildman–Crippen LogP) is -12.9. The maximum absolute atomic E-state index is 12.7. The lowest BCUT2D eigenvalue weighted by Gasteiger charge is -2.51. The quantitative estimate of drug-likeness (QED) is 0.0452. The van der Waals surface area contributed by atoms with E-state index in [-0.39, 0.29) is 0 Å². The molecule has 0 spiro atoms. The highest BCUT2D eigenvalue weighted by Gasteiger charge is 2.57. The van der Waals surface area contributed by atoms with Crippen molar-refractivity contribution in [3.63, 3.8) is 0 Å². The zero-order valence-corrected chi connectivity index (χ0v) is 42.9. The van der Waals surface area contributed by atoms with E-state index in [0.29, 0.717) is 0 Å². The van der Waals surface area contributed by atoms with Crippen LogP contribution in [0.5, 0.6) is 0 Å². The molecular weight excluding hydrogens is 1060 g/mol. The van der Waals surface area contributed by atoms with Crippen LogP contribution in [0.25, 0.3) is 0 Å². The summed E-state index contributed by atoms with van der Waals surface area (Å²) in [4.78, 5) is 49.4. The summed E-state index contributed by atoms with van der Waals surface area (Å²) in [5.41, 5.74) is 0. The predicted molar refractivity (Wildman–Crippen MR) is 246 cm³/mol. The number of hydrogen-bond donors (Lipinski definition) is 20. The Hall–Kier alpha value is -3.16. The Morgan fingerprint density at radius 3 is 1.41 bits per heavy atom. The van der Waals surface area contributed by atoms with Crippen LogP contribution in [0.15, 0.2) is 0 Å². The van der Waals surface area contributed by atoms with E-state index in [2.05, 4.69) is 21.3 Å². The fourth-order valence-corrected chi connectivity index (χ4v) is 9.55. The zero-order valence-electron chi connectivity index (χ0n) is 42.9. The van der Waals surface area contributed by atoms with E-state index in [1.165, 1.54) is 6.92 Å². The molecule has 5 heterocycles. The number of ether oxygens (including phenoxy) is 10. The molecule has 0 aliphatic carbocycles. The fraction of sp³-hybridized carbons (Fsp3) is 0.909. The van der Waals surface area contributed by atoms with E-state index in [1.807, 2.05) is 0 Å². The van der Waals surface area contributed by atoms with Gasteiger partial charge in [-0.2, -0.15) is 0 Å². The van der Waals surface area contributed by atoms with Crippen molar-refractivity contribution >= 4 is 23.6 Å². The van der Waals surface area contributed by atoms with Crippen molar-refractivity contribution in [2.24, 2.45) is 0 Å². The van der Waals surface area contributed by atoms with E-state index in [4.69, 9.17) is 47.4 Å². The highest BCUT2D eigenvalue weighted by molar-refractivity contribution is 5.74. The van der Waals surface area contributed by atoms with Crippen LogP contribution in [0, 0.1) is 0 Å². The Morgan fingerprint density at radius 1 is 0.462 bits per heavy atom. The second-order valence-electron chi connectivity index (χ2n) is 19.5. The van der Waals surface area contributed by atoms with Gasteiger partial charge in [0, 0.05) is 27.7 Å². The molecule has 452 valence electrons. The molecule has 34 heteroatoms. The molecule has 4 amide bonds. The summed E-state index contributed by atoms with van der Waals surface area (Å²) in [6.45, 7) is -0.586. The van der Waals surface area contributed by atoms with Crippen LogP contribution >= 0.6 is 0 Å². The molecule has 0 saturated carbocycles. The summed E-state index contributed by atoms with van der Waals surface area (Å²) in [6.07, 6.45) is -47.2. The highest BCUT2D eigenvalue weighted by Crippen LogP contribution is 2.37. The van der Waals surface area contributed by atoms with Gasteiger partial charge >= 0.3 is 0 Å². The molecule has 20 N–H and O–H groups in total. The van der Waals surface area contributed by atoms with Crippen molar-refractivity contribution in [1.29, 1.82) is 0 Å². The summed E-state index contributed by atoms with van der Waals surface area (Å²) in [5, 5.41) is 183. The number of rotatable bonds is 23. The van der Waals surface area contributed by atoms with Crippen molar-refractivity contribution in [3.8, 4) is 0 Å². The van der Waals surface area contributed by atoms with Gasteiger partial charge in [-0.3, -0.25) is 19.2 Å². The molecule has 34 nitrogen and oxygen atoms in total. The first-order valence-corrected chi connectivity index (χ1v) is 24.9. The molecule has 5 rings (SSSR count). The van der Waals surface area contributed by atoms with Crippen LogP contribution in [0.2, 0.25) is 0 Å². The normalized spacial score (nSPS) is 42.9. The van der Waals surface area contributed by atoms with Gasteiger partial charge in [0.15, 0.2) is 31.5 Å². The number of nitrogens with one attached hydrogen (secondary N) is 4. The first kappa shape index (κ1) is 65.6. The maximum Gasteiger partial charge on any atom is 0.217 e. The Morgan fingerprint density at radius 2 is 0.910 bits per heavy atom. The monoisotopic (exact) mass is 1140 g/mol. The van der Waals surface area contributed by atoms with Gasteiger partial charge in [-0.1, -0.05) is 0 Å². The summed E-state index contributed by atoms with van der Waals surface area (Å²) < 4.78 is 58.9. The van der Waals surface area contributed by atoms with Gasteiger partial charge in [0.05, 0.1) is 51.8 Å². The topological polar surface area (TPSA) is 532 Å². The van der Waals surface area contributed by atoms with Crippen LogP contribution in [0.3, 0.4) is 0 Å². The van der Waals surface area contributed by atoms with Crippen LogP contribution in [0.1, 0.15) is 34.6 Å². The minimum atomic E-state index is -2.25. The lowest BCUT2D eigenvalue weighted by Crippen LogP contribution is -2.70. The Bertz CT molecular complexity index is 1920. The van der Waals surface area contributed by atoms with Gasteiger partial charge in [-0.15, -0.1) is 0 Å². The smallest absolute Gasteiger partial charge is 0.217 e. The molecule has 0 aromatic rings. The molecule has 0 bridgehead atoms. The lowest BCUT2D eigenvalue weighted by molar-refractivity contribution is -0.398. The molecule has 29 atom stereocenters. The minimum Gasteiger partial charge on any atom is -0.394 e. The molecule has 0 radical (unpaired) electrons. The largest absolute Gasteiger partial charge is 0.394 e. The number of aliphatic hydroxyl groups is 16. The zero-order chi connectivity index (χ0) is 58.2. The first-order valence-electron chi connectivity index (χ1n) is 24.9. The van der Waals surface area contributed by atoms with E-state index >= 15 is 0 Å². The van der Waals surface area contributed by atoms with Gasteiger partial charge in [-0.25, -0.2) is 0 Å². The van der Waals surface area contributed by atoms with Crippen molar-refractivity contribution in [2.45, 2.75) is 212 Å². The molecule has 5 aliphatic heterocycles. The Labute approximate surface area is 444 Å². The van der Waals surface area contributed by atoms with E-state index in [9.17, 15) is 101 Å². The van der Waals surface area contributed by atoms with Gasteiger partial charge in [-0.05, 0) is 6.92 Å². The number of hydrogen-bond acceptors (Lipinski definition) is 30. The summed E-state index contributed by atoms with van der Waals surface area (Å²) in [6, 6.07) is -6.66. The lowest BCUT2D eigenvalue weighted by atomic mass is 9.94. The Balaban J connectivity index is 1.46. The number of aliphatic hydroxyl groups excluding tert-OH is 16. The van der Waals surface area contributed by atoms with E-state index in [1.54, 1.807) is 0 Å². The average molecular weight is 1140 g/mol. The molecule has 78 heavy (non-hydrogen) atoms. The second kappa shape index (κ2) is 29.2. The van der Waals surface area contributed by atoms with Gasteiger partial charge in [0.25, 0.3) is 0 Å². The highest BCUT2D eigenvalue weighted by atomic mass is 16.8. The van der Waals surface area contributed by atoms with Gasteiger partial charge in [0.2, 0.25) is 23.6 Å². The number of amides is 4. The van der Waals surface area contributed by atoms with Crippen molar-refractivity contribution in [3.05, 3.63) is 0 Å². The van der Waals surface area contributed by atoms with Gasteiger partial charge < -0.3 is 150 Å². The standard InChI is InChI=1S/C44H76N4O30/c1-12-26(59)34(67)35(68)43(70-12)78-39-38(77-42-24(47-15(4)56)32(65)29(62)20(8-51)72-42)30(63)21(9-52)73-44(39)76-37-22(10-53)74-40(25(33(37)66)48-16(5)57)69-11-18(58)27(60)36(17(6-49)45-13(2)54)75-41-23(46-14(3)55)31(64)28(61)19(7-50)71-41/h12,17-44,49-53,58-68H,6-11H2,1-5H3,(H,45,54)(H,46,55)(H,47,56)(H,48,57)/t12-,17-,18+,19+,20+,21+,22+,23+,24+,25+,26+,27-,28+,29-,30-,31+,32+,33+,34+,35-,36+,37+,38-,39+,40+,41-,42-,43-,44-/m0/s1. The van der Waals surface area contributed by atoms with Crippen LogP contribution < -0.4 is 21.3 Å². The third-order valence-corrected chi connectivity index (χ3v) is 13.6. The second-order valence-corrected chi connectivity index (χ2v) is 19.5. The number of carbonyl (C=O) groups excluding carboxylic acids is 4. The Kier molecular flexibility index (Phi) is 24.6. The maximum atomic E-state index is 12.7. The van der Waals surface area contributed by atoms with Gasteiger partial charge in [0.1, 0.15) is 134 Å². The molecular formula is C44H76N4O30. The fourth-order valence-electron chi connectivity index (χ4n) is 9.55. The van der Waals surface area contributed by atoms with E-state index < -0.39 is 241 Å². The molecule has 5 fully saturated rings. The summed E-state index contributed by atoms with van der Waals surface area (Å²) in [7, 11) is 0. The molecule has 5 saturated heterocycles. The third-order valence-electron chi connectivity index (χ3n) is 13.6. The minimum absolute atomic E-state index is 0.769. The third kappa shape index (κ3) is 15.5. The summed E-state index contributed by atoms with van der Waals surface area (Å²) in [5.74, 6) is -3.20. The molecule has 0 aromatic heterocycles. The molecule has 5 aliphatic rings. The first-order chi connectivity index (χ1) is 36.7. The molecule has 0 unspecified atom stereocenters. The van der Waals surface area contributed by atoms with E-state index in [0.717, 1.165) is 27.7 Å². The van der Waals surface area contributed by atoms with Crippen LogP contribution in [-0.4, -0.2) is 323 Å². The van der Waals surface area contributed by atoms with Crippen LogP contribution in [0.4, 0.5) is 0 Å². The SMILES string of the molecule is CC(=O)N[C@H]1[C@H](OC[C@@H](O)[C@H](O)[C@H](O[C@@H]2O[C@H](CO)[C@@H](O)[C@H](O)[C@H]2NC(C)=O)[C@H](CO)NC(C)=O)O[C@H](CO)[C@@H](O[C@@H]2O[C@H](CO)[C@H](O)[C@H](O[C@@H]3O[C@H](CO)[C@H](O)[C@H](O)[C@H]3NC(C)=O)[C@H]2O[C@@H]2O[C@@H](C)[C@@H](O)[C@@H](O)[C@@H]2O)[C@@H]1O. The summed E-state index contributed by atoms with van der Waals surface area (Å²) >= 11 is 0. The van der Waals surface area contributed by atoms with Crippen molar-refractivity contribution in [1.82, 2.24) is 21.3 Å². The van der Waals surface area contributed by atoms with Crippen LogP contribution in [-0.2, 0) is 66.5 Å². The van der Waals surface area contributed by atoms with Crippen molar-refractivity contribution < 1.29 is 148 Å². The average Bonchev–Trinajstić information content (AvgIpc) is 3.41.